The first-order valence-corrected chi connectivity index (χ1v) is 6.35. The first-order valence-electron chi connectivity index (χ1n) is 6.35. The van der Waals surface area contributed by atoms with Gasteiger partial charge in [-0.1, -0.05) is 10.3 Å². The summed E-state index contributed by atoms with van der Waals surface area (Å²) >= 11 is 0. The molecule has 0 aromatic carbocycles. The number of hydrogen-bond donors (Lipinski definition) is 0. The molecule has 0 aliphatic carbocycles. The normalized spacial score (nSPS) is 16.2. The third-order valence-electron chi connectivity index (χ3n) is 3.54. The number of aromatic nitrogens is 1. The van der Waals surface area contributed by atoms with E-state index >= 15 is 0 Å². The molecule has 19 heavy (non-hydrogen) atoms. The minimum Gasteiger partial charge on any atom is -0.361 e. The molecule has 1 saturated heterocycles. The van der Waals surface area contributed by atoms with Crippen molar-refractivity contribution in [3.63, 3.8) is 0 Å². The minimum absolute atomic E-state index is 0.0214. The molecule has 7 heteroatoms. The van der Waals surface area contributed by atoms with Crippen molar-refractivity contribution in [1.29, 1.82) is 0 Å². The average Bonchev–Trinajstić information content (AvgIpc) is 2.72. The van der Waals surface area contributed by atoms with E-state index in [4.69, 9.17) is 10.1 Å². The highest BCUT2D eigenvalue weighted by Gasteiger charge is 2.23. The Morgan fingerprint density at radius 2 is 2.21 bits per heavy atom. The van der Waals surface area contributed by atoms with E-state index in [1.165, 1.54) is 0 Å². The monoisotopic (exact) mass is 263 g/mol. The van der Waals surface area contributed by atoms with Crippen molar-refractivity contribution < 1.29 is 9.32 Å². The molecule has 0 bridgehead atoms. The zero-order valence-corrected chi connectivity index (χ0v) is 11.2. The second-order valence-corrected chi connectivity index (χ2v) is 4.80. The van der Waals surface area contributed by atoms with Gasteiger partial charge in [0.05, 0.1) is 12.1 Å². The van der Waals surface area contributed by atoms with Crippen molar-refractivity contribution in [3.05, 3.63) is 27.5 Å². The van der Waals surface area contributed by atoms with Crippen LogP contribution in [0, 0.1) is 13.8 Å². The van der Waals surface area contributed by atoms with Crippen LogP contribution in [0.5, 0.6) is 0 Å². The predicted molar refractivity (Wildman–Crippen MR) is 68.4 cm³/mol. The van der Waals surface area contributed by atoms with Crippen molar-refractivity contribution in [2.45, 2.75) is 39.2 Å². The van der Waals surface area contributed by atoms with E-state index in [1.54, 1.807) is 0 Å². The standard InChI is InChI=1S/C12H17N5O2/c1-8-11(9(2)19-15-8)7-12(18)17-5-3-10(4-6-17)14-16-13/h10H,3-7H2,1-2H3. The molecule has 1 fully saturated rings. The Bertz CT molecular complexity index is 491. The van der Waals surface area contributed by atoms with Crippen LogP contribution >= 0.6 is 0 Å². The second kappa shape index (κ2) is 5.75. The molecular weight excluding hydrogens is 246 g/mol. The van der Waals surface area contributed by atoms with E-state index in [0.29, 0.717) is 25.3 Å². The van der Waals surface area contributed by atoms with Crippen LogP contribution in [-0.4, -0.2) is 35.1 Å². The number of rotatable bonds is 3. The summed E-state index contributed by atoms with van der Waals surface area (Å²) in [4.78, 5) is 16.8. The molecule has 102 valence electrons. The number of aryl methyl sites for hydroxylation is 2. The Morgan fingerprint density at radius 1 is 1.53 bits per heavy atom. The van der Waals surface area contributed by atoms with Gasteiger partial charge in [0.2, 0.25) is 5.91 Å². The van der Waals surface area contributed by atoms with Crippen molar-refractivity contribution in [3.8, 4) is 0 Å². The van der Waals surface area contributed by atoms with Gasteiger partial charge in [-0.15, -0.1) is 0 Å². The molecule has 7 nitrogen and oxygen atoms in total. The zero-order chi connectivity index (χ0) is 13.8. The highest BCUT2D eigenvalue weighted by atomic mass is 16.5. The Balaban J connectivity index is 1.93. The largest absolute Gasteiger partial charge is 0.361 e. The number of hydrogen-bond acceptors (Lipinski definition) is 4. The molecule has 2 rings (SSSR count). The summed E-state index contributed by atoms with van der Waals surface area (Å²) in [5.74, 6) is 0.781. The number of nitrogens with zero attached hydrogens (tertiary/aromatic N) is 5. The Kier molecular flexibility index (Phi) is 4.06. The highest BCUT2D eigenvalue weighted by molar-refractivity contribution is 5.79. The molecule has 0 spiro atoms. The van der Waals surface area contributed by atoms with Gasteiger partial charge in [-0.25, -0.2) is 0 Å². The van der Waals surface area contributed by atoms with Crippen LogP contribution < -0.4 is 0 Å². The van der Waals surface area contributed by atoms with Crippen LogP contribution in [0.15, 0.2) is 9.64 Å². The van der Waals surface area contributed by atoms with E-state index in [9.17, 15) is 4.79 Å². The third-order valence-corrected chi connectivity index (χ3v) is 3.54. The highest BCUT2D eigenvalue weighted by Crippen LogP contribution is 2.18. The lowest BCUT2D eigenvalue weighted by Gasteiger charge is -2.30. The van der Waals surface area contributed by atoms with Crippen LogP contribution in [0.3, 0.4) is 0 Å². The Morgan fingerprint density at radius 3 is 2.74 bits per heavy atom. The van der Waals surface area contributed by atoms with Gasteiger partial charge in [0.1, 0.15) is 5.76 Å². The van der Waals surface area contributed by atoms with Gasteiger partial charge in [0.15, 0.2) is 0 Å². The van der Waals surface area contributed by atoms with Crippen molar-refractivity contribution in [2.75, 3.05) is 13.1 Å². The van der Waals surface area contributed by atoms with E-state index in [1.807, 2.05) is 18.7 Å². The molecule has 1 amide bonds. The number of amides is 1. The summed E-state index contributed by atoms with van der Waals surface area (Å²) < 4.78 is 5.06. The van der Waals surface area contributed by atoms with Crippen LogP contribution in [0.1, 0.15) is 29.9 Å². The maximum atomic E-state index is 12.2. The van der Waals surface area contributed by atoms with Crippen LogP contribution in [0.2, 0.25) is 0 Å². The summed E-state index contributed by atoms with van der Waals surface area (Å²) in [7, 11) is 0. The molecule has 0 saturated carbocycles. The Labute approximate surface area is 111 Å². The molecule has 1 aliphatic heterocycles. The lowest BCUT2D eigenvalue weighted by molar-refractivity contribution is -0.131. The predicted octanol–water partition coefficient (Wildman–Crippen LogP) is 2.14. The third kappa shape index (κ3) is 3.06. The van der Waals surface area contributed by atoms with Gasteiger partial charge in [-0.2, -0.15) is 0 Å². The first-order chi connectivity index (χ1) is 9.11. The van der Waals surface area contributed by atoms with Crippen molar-refractivity contribution in [2.24, 2.45) is 5.11 Å². The average molecular weight is 263 g/mol. The number of azide groups is 1. The topological polar surface area (TPSA) is 95.1 Å². The molecular formula is C12H17N5O2. The first kappa shape index (κ1) is 13.4. The maximum absolute atomic E-state index is 12.2. The fourth-order valence-electron chi connectivity index (χ4n) is 2.32. The number of piperidine rings is 1. The van der Waals surface area contributed by atoms with Gasteiger partial charge in [0, 0.05) is 29.6 Å². The lowest BCUT2D eigenvalue weighted by Crippen LogP contribution is -2.40. The van der Waals surface area contributed by atoms with Gasteiger partial charge in [-0.3, -0.25) is 4.79 Å². The summed E-state index contributed by atoms with van der Waals surface area (Å²) in [6.07, 6.45) is 1.79. The number of likely N-dealkylation sites (tertiary alicyclic amines) is 1. The van der Waals surface area contributed by atoms with Crippen LogP contribution in [0.25, 0.3) is 10.4 Å². The summed E-state index contributed by atoms with van der Waals surface area (Å²) in [5.41, 5.74) is 10.0. The quantitative estimate of drug-likeness (QED) is 0.474. The smallest absolute Gasteiger partial charge is 0.227 e. The lowest BCUT2D eigenvalue weighted by atomic mass is 10.0. The molecule has 0 unspecified atom stereocenters. The fraction of sp³-hybridized carbons (Fsp3) is 0.667. The molecule has 1 aliphatic rings. The molecule has 1 aromatic rings. The van der Waals surface area contributed by atoms with Gasteiger partial charge in [-0.05, 0) is 32.2 Å². The molecule has 0 radical (unpaired) electrons. The van der Waals surface area contributed by atoms with E-state index in [2.05, 4.69) is 15.2 Å². The summed E-state index contributed by atoms with van der Waals surface area (Å²) in [6.45, 7) is 4.95. The van der Waals surface area contributed by atoms with Gasteiger partial charge < -0.3 is 9.42 Å². The molecule has 1 aromatic heterocycles. The van der Waals surface area contributed by atoms with E-state index in [-0.39, 0.29) is 11.9 Å². The summed E-state index contributed by atoms with van der Waals surface area (Å²) in [6, 6.07) is 0.0214. The minimum atomic E-state index is 0.0214. The number of carbonyl (C=O) groups excluding carboxylic acids is 1. The number of carbonyl (C=O) groups is 1. The van der Waals surface area contributed by atoms with Crippen LogP contribution in [-0.2, 0) is 11.2 Å². The van der Waals surface area contributed by atoms with Gasteiger partial charge in [0.25, 0.3) is 0 Å². The van der Waals surface area contributed by atoms with E-state index < -0.39 is 0 Å². The van der Waals surface area contributed by atoms with Crippen LogP contribution in [0.4, 0.5) is 0 Å². The second-order valence-electron chi connectivity index (χ2n) is 4.80. The fourth-order valence-corrected chi connectivity index (χ4v) is 2.32. The molecule has 2 heterocycles. The van der Waals surface area contributed by atoms with E-state index in [0.717, 1.165) is 24.1 Å². The van der Waals surface area contributed by atoms with Crippen molar-refractivity contribution >= 4 is 5.91 Å². The summed E-state index contributed by atoms with van der Waals surface area (Å²) in [5, 5.41) is 7.55. The molecule has 0 N–H and O–H groups in total. The maximum Gasteiger partial charge on any atom is 0.227 e. The zero-order valence-electron chi connectivity index (χ0n) is 11.2. The Hall–Kier alpha value is -2.01. The molecule has 0 atom stereocenters. The SMILES string of the molecule is Cc1noc(C)c1CC(=O)N1CCC(N=[N+]=[N-])CC1. The van der Waals surface area contributed by atoms with Gasteiger partial charge >= 0.3 is 0 Å². The van der Waals surface area contributed by atoms with Crippen molar-refractivity contribution in [1.82, 2.24) is 10.1 Å².